The van der Waals surface area contributed by atoms with Crippen LogP contribution in [0.25, 0.3) is 0 Å². The summed E-state index contributed by atoms with van der Waals surface area (Å²) in [5.41, 5.74) is 2.06. The number of alkyl halides is 3. The van der Waals surface area contributed by atoms with Gasteiger partial charge in [-0.2, -0.15) is 13.2 Å². The van der Waals surface area contributed by atoms with E-state index in [9.17, 15) is 13.2 Å². The van der Waals surface area contributed by atoms with Crippen LogP contribution in [0, 0.1) is 0 Å². The number of aliphatic hydroxyl groups is 1. The second kappa shape index (κ2) is 7.22. The number of aliphatic hydroxyl groups excluding tert-OH is 1. The van der Waals surface area contributed by atoms with Crippen LogP contribution in [-0.2, 0) is 10.9 Å². The molecule has 0 aliphatic rings. The van der Waals surface area contributed by atoms with E-state index < -0.39 is 12.0 Å². The summed E-state index contributed by atoms with van der Waals surface area (Å²) in [4.78, 5) is 8.15. The molecule has 20 heavy (non-hydrogen) atoms. The molecular formula is C10H16F3N5O2. The standard InChI is InChI=1S/C10H16F3N5O2/c1-20-5-3-18(2-4-19)8-6-7(17-14)15-9(16-8)10(11,12)13/h6,19H,2-5,14H2,1H3,(H,15,16,17). The molecule has 0 atom stereocenters. The van der Waals surface area contributed by atoms with E-state index in [1.807, 2.05) is 0 Å². The maximum Gasteiger partial charge on any atom is 0.451 e. The Morgan fingerprint density at radius 2 is 2.10 bits per heavy atom. The fraction of sp³-hybridized carbons (Fsp3) is 0.600. The molecule has 0 aliphatic heterocycles. The van der Waals surface area contributed by atoms with E-state index in [-0.39, 0.29) is 37.9 Å². The van der Waals surface area contributed by atoms with Crippen molar-refractivity contribution in [2.24, 2.45) is 5.84 Å². The molecule has 0 radical (unpaired) electrons. The molecule has 0 amide bonds. The van der Waals surface area contributed by atoms with Gasteiger partial charge in [-0.05, 0) is 0 Å². The highest BCUT2D eigenvalue weighted by atomic mass is 19.4. The van der Waals surface area contributed by atoms with Crippen LogP contribution >= 0.6 is 0 Å². The second-order valence-corrected chi connectivity index (χ2v) is 3.78. The van der Waals surface area contributed by atoms with Crippen molar-refractivity contribution < 1.29 is 23.0 Å². The first-order chi connectivity index (χ1) is 9.42. The number of aromatic nitrogens is 2. The summed E-state index contributed by atoms with van der Waals surface area (Å²) in [6.45, 7) is 0.425. The maximum atomic E-state index is 12.7. The van der Waals surface area contributed by atoms with Crippen molar-refractivity contribution in [2.45, 2.75) is 6.18 Å². The summed E-state index contributed by atoms with van der Waals surface area (Å²) in [6.07, 6.45) is -4.69. The monoisotopic (exact) mass is 295 g/mol. The zero-order valence-corrected chi connectivity index (χ0v) is 10.8. The van der Waals surface area contributed by atoms with Gasteiger partial charge in [0.2, 0.25) is 5.82 Å². The average molecular weight is 295 g/mol. The van der Waals surface area contributed by atoms with Gasteiger partial charge >= 0.3 is 6.18 Å². The van der Waals surface area contributed by atoms with E-state index in [4.69, 9.17) is 15.7 Å². The fourth-order valence-corrected chi connectivity index (χ4v) is 1.46. The maximum absolute atomic E-state index is 12.7. The number of halogens is 3. The van der Waals surface area contributed by atoms with Crippen LogP contribution in [0.2, 0.25) is 0 Å². The van der Waals surface area contributed by atoms with Gasteiger partial charge in [0.25, 0.3) is 0 Å². The van der Waals surface area contributed by atoms with Crippen LogP contribution in [0.15, 0.2) is 6.07 Å². The summed E-state index contributed by atoms with van der Waals surface area (Å²) in [5.74, 6) is 3.64. The van der Waals surface area contributed by atoms with Crippen molar-refractivity contribution in [2.75, 3.05) is 43.7 Å². The number of hydrogen-bond donors (Lipinski definition) is 3. The molecule has 114 valence electrons. The van der Waals surface area contributed by atoms with Crippen LogP contribution in [0.3, 0.4) is 0 Å². The number of ether oxygens (including phenoxy) is 1. The molecule has 10 heteroatoms. The molecule has 7 nitrogen and oxygen atoms in total. The van der Waals surface area contributed by atoms with E-state index in [1.54, 1.807) is 0 Å². The quantitative estimate of drug-likeness (QED) is 0.489. The van der Waals surface area contributed by atoms with E-state index in [2.05, 4.69) is 15.4 Å². The van der Waals surface area contributed by atoms with Crippen molar-refractivity contribution in [1.82, 2.24) is 9.97 Å². The van der Waals surface area contributed by atoms with Gasteiger partial charge < -0.3 is 20.2 Å². The molecule has 0 fully saturated rings. The number of anilines is 2. The lowest BCUT2D eigenvalue weighted by Crippen LogP contribution is -2.32. The number of hydrazine groups is 1. The van der Waals surface area contributed by atoms with E-state index in [0.717, 1.165) is 0 Å². The molecule has 1 aromatic heterocycles. The number of nitrogens with zero attached hydrogens (tertiary/aromatic N) is 3. The predicted molar refractivity (Wildman–Crippen MR) is 66.0 cm³/mol. The number of rotatable bonds is 7. The molecule has 0 aromatic carbocycles. The third kappa shape index (κ3) is 4.47. The lowest BCUT2D eigenvalue weighted by Gasteiger charge is -2.23. The van der Waals surface area contributed by atoms with Gasteiger partial charge in [-0.25, -0.2) is 15.8 Å². The van der Waals surface area contributed by atoms with Crippen LogP contribution in [0.4, 0.5) is 24.8 Å². The Labute approximate surface area is 113 Å². The molecular weight excluding hydrogens is 279 g/mol. The third-order valence-corrected chi connectivity index (χ3v) is 2.37. The predicted octanol–water partition coefficient (Wildman–Crippen LogP) is 0.226. The molecule has 1 rings (SSSR count). The molecule has 0 spiro atoms. The molecule has 0 saturated heterocycles. The van der Waals surface area contributed by atoms with Gasteiger partial charge in [0.05, 0.1) is 13.2 Å². The summed E-state index contributed by atoms with van der Waals surface area (Å²) >= 11 is 0. The van der Waals surface area contributed by atoms with E-state index >= 15 is 0 Å². The van der Waals surface area contributed by atoms with Gasteiger partial charge in [-0.15, -0.1) is 0 Å². The van der Waals surface area contributed by atoms with E-state index in [1.165, 1.54) is 18.1 Å². The van der Waals surface area contributed by atoms with Crippen LogP contribution in [0.5, 0.6) is 0 Å². The number of hydrogen-bond acceptors (Lipinski definition) is 7. The minimum Gasteiger partial charge on any atom is -0.395 e. The Kier molecular flexibility index (Phi) is 5.92. The van der Waals surface area contributed by atoms with Crippen LogP contribution in [-0.4, -0.2) is 48.5 Å². The Morgan fingerprint density at radius 3 is 2.60 bits per heavy atom. The summed E-state index contributed by atoms with van der Waals surface area (Å²) in [7, 11) is 1.46. The van der Waals surface area contributed by atoms with Gasteiger partial charge in [-0.1, -0.05) is 0 Å². The zero-order valence-electron chi connectivity index (χ0n) is 10.8. The third-order valence-electron chi connectivity index (χ3n) is 2.37. The Hall–Kier alpha value is -1.65. The Bertz CT molecular complexity index is 430. The lowest BCUT2D eigenvalue weighted by atomic mass is 10.4. The number of nitrogens with two attached hydrogens (primary N) is 1. The first kappa shape index (κ1) is 16.4. The van der Waals surface area contributed by atoms with Gasteiger partial charge in [0, 0.05) is 26.3 Å². The van der Waals surface area contributed by atoms with Crippen LogP contribution < -0.4 is 16.2 Å². The number of nitrogen functional groups attached to an aromatic ring is 1. The van der Waals surface area contributed by atoms with Crippen molar-refractivity contribution in [3.05, 3.63) is 11.9 Å². The van der Waals surface area contributed by atoms with Gasteiger partial charge in [0.15, 0.2) is 0 Å². The molecule has 1 heterocycles. The molecule has 0 unspecified atom stereocenters. The fourth-order valence-electron chi connectivity index (χ4n) is 1.46. The van der Waals surface area contributed by atoms with Crippen molar-refractivity contribution in [3.63, 3.8) is 0 Å². The highest BCUT2D eigenvalue weighted by Crippen LogP contribution is 2.29. The largest absolute Gasteiger partial charge is 0.451 e. The minimum absolute atomic E-state index is 0.00590. The van der Waals surface area contributed by atoms with E-state index in [0.29, 0.717) is 0 Å². The van der Waals surface area contributed by atoms with Crippen molar-refractivity contribution >= 4 is 11.6 Å². The van der Waals surface area contributed by atoms with Gasteiger partial charge in [0.1, 0.15) is 11.6 Å². The van der Waals surface area contributed by atoms with Crippen molar-refractivity contribution in [3.8, 4) is 0 Å². The molecule has 0 bridgehead atoms. The highest BCUT2D eigenvalue weighted by molar-refractivity contribution is 5.49. The SMILES string of the molecule is COCCN(CCO)c1cc(NN)nc(C(F)(F)F)n1. The average Bonchev–Trinajstić information content (AvgIpc) is 2.42. The summed E-state index contributed by atoms with van der Waals surface area (Å²) in [5, 5.41) is 8.96. The highest BCUT2D eigenvalue weighted by Gasteiger charge is 2.35. The second-order valence-electron chi connectivity index (χ2n) is 3.78. The summed E-state index contributed by atoms with van der Waals surface area (Å²) < 4.78 is 43.0. The first-order valence-electron chi connectivity index (χ1n) is 5.70. The van der Waals surface area contributed by atoms with Crippen LogP contribution in [0.1, 0.15) is 5.82 Å². The molecule has 1 aromatic rings. The Morgan fingerprint density at radius 1 is 1.40 bits per heavy atom. The zero-order chi connectivity index (χ0) is 15.2. The lowest BCUT2D eigenvalue weighted by molar-refractivity contribution is -0.144. The molecule has 4 N–H and O–H groups in total. The summed E-state index contributed by atoms with van der Waals surface area (Å²) in [6, 6.07) is 1.26. The van der Waals surface area contributed by atoms with Crippen molar-refractivity contribution in [1.29, 1.82) is 0 Å². The molecule has 0 saturated carbocycles. The topological polar surface area (TPSA) is 96.5 Å². The Balaban J connectivity index is 3.12. The minimum atomic E-state index is -4.69. The molecule has 0 aliphatic carbocycles. The number of nitrogens with one attached hydrogen (secondary N) is 1. The van der Waals surface area contributed by atoms with Gasteiger partial charge in [-0.3, -0.25) is 0 Å². The smallest absolute Gasteiger partial charge is 0.395 e. The number of methoxy groups -OCH3 is 1. The first-order valence-corrected chi connectivity index (χ1v) is 5.70. The normalized spacial score (nSPS) is 11.5.